The standard InChI is InChI=1S/C22H24O6/c23-14-1-3-16(25)20(27)18(14)22(19-15(24)2-4-17(26)21(19)28)12-6-10-5-11(8-12)9-13(22)7-10/h1-4,10-13,23-28H,5-9H2. The summed E-state index contributed by atoms with van der Waals surface area (Å²) < 4.78 is 0. The molecular formula is C22H24O6. The van der Waals surface area contributed by atoms with E-state index >= 15 is 0 Å². The maximum Gasteiger partial charge on any atom is 0.165 e. The molecule has 0 heterocycles. The molecule has 148 valence electrons. The highest BCUT2D eigenvalue weighted by molar-refractivity contribution is 5.67. The molecule has 0 amide bonds. The topological polar surface area (TPSA) is 121 Å². The highest BCUT2D eigenvalue weighted by atomic mass is 16.3. The van der Waals surface area contributed by atoms with Crippen LogP contribution in [0.5, 0.6) is 34.5 Å². The first kappa shape index (κ1) is 17.3. The van der Waals surface area contributed by atoms with Crippen LogP contribution in [0.1, 0.15) is 43.2 Å². The molecule has 0 aliphatic heterocycles. The van der Waals surface area contributed by atoms with Gasteiger partial charge in [0.25, 0.3) is 0 Å². The number of hydrogen-bond donors (Lipinski definition) is 6. The molecule has 0 saturated heterocycles. The van der Waals surface area contributed by atoms with Gasteiger partial charge < -0.3 is 30.6 Å². The highest BCUT2D eigenvalue weighted by Gasteiger charge is 2.62. The van der Waals surface area contributed by atoms with Crippen molar-refractivity contribution in [3.05, 3.63) is 35.4 Å². The lowest BCUT2D eigenvalue weighted by atomic mass is 9.42. The summed E-state index contributed by atoms with van der Waals surface area (Å²) in [5, 5.41) is 63.6. The van der Waals surface area contributed by atoms with Crippen LogP contribution < -0.4 is 0 Å². The zero-order chi connectivity index (χ0) is 19.8. The molecule has 4 aliphatic carbocycles. The summed E-state index contributed by atoms with van der Waals surface area (Å²) >= 11 is 0. The van der Waals surface area contributed by atoms with Gasteiger partial charge in [-0.3, -0.25) is 0 Å². The molecule has 28 heavy (non-hydrogen) atoms. The highest BCUT2D eigenvalue weighted by Crippen LogP contribution is 2.70. The fourth-order valence-electron chi connectivity index (χ4n) is 6.82. The third-order valence-electron chi connectivity index (χ3n) is 7.52. The van der Waals surface area contributed by atoms with Gasteiger partial charge in [0, 0.05) is 5.41 Å². The van der Waals surface area contributed by atoms with E-state index in [9.17, 15) is 30.6 Å². The second kappa shape index (κ2) is 5.63. The van der Waals surface area contributed by atoms with Gasteiger partial charge in [0.1, 0.15) is 11.5 Å². The van der Waals surface area contributed by atoms with Crippen molar-refractivity contribution in [3.8, 4) is 34.5 Å². The van der Waals surface area contributed by atoms with E-state index in [1.54, 1.807) is 0 Å². The Labute approximate surface area is 162 Å². The monoisotopic (exact) mass is 384 g/mol. The van der Waals surface area contributed by atoms with Crippen molar-refractivity contribution in [3.63, 3.8) is 0 Å². The summed E-state index contributed by atoms with van der Waals surface area (Å²) in [6.07, 6.45) is 4.54. The summed E-state index contributed by atoms with van der Waals surface area (Å²) in [6, 6.07) is 5.10. The Morgan fingerprint density at radius 1 is 0.536 bits per heavy atom. The minimum Gasteiger partial charge on any atom is -0.507 e. The molecule has 2 aromatic carbocycles. The van der Waals surface area contributed by atoms with Crippen molar-refractivity contribution in [2.45, 2.75) is 37.5 Å². The van der Waals surface area contributed by atoms with Gasteiger partial charge in [0.05, 0.1) is 11.1 Å². The third kappa shape index (κ3) is 2.03. The van der Waals surface area contributed by atoms with Crippen LogP contribution in [0.25, 0.3) is 0 Å². The number of rotatable bonds is 2. The van der Waals surface area contributed by atoms with Crippen molar-refractivity contribution in [1.29, 1.82) is 0 Å². The number of phenolic OH excluding ortho intramolecular Hbond substituents is 6. The van der Waals surface area contributed by atoms with E-state index in [4.69, 9.17) is 0 Å². The van der Waals surface area contributed by atoms with Gasteiger partial charge in [-0.2, -0.15) is 0 Å². The minimum absolute atomic E-state index is 0.0408. The van der Waals surface area contributed by atoms with Crippen molar-refractivity contribution < 1.29 is 30.6 Å². The van der Waals surface area contributed by atoms with E-state index in [2.05, 4.69) is 0 Å². The van der Waals surface area contributed by atoms with Crippen LogP contribution in [0.15, 0.2) is 24.3 Å². The Balaban J connectivity index is 1.89. The molecule has 4 saturated carbocycles. The molecule has 6 rings (SSSR count). The van der Waals surface area contributed by atoms with E-state index in [1.807, 2.05) is 0 Å². The Hall–Kier alpha value is -2.76. The summed E-state index contributed by atoms with van der Waals surface area (Å²) in [7, 11) is 0. The lowest BCUT2D eigenvalue weighted by molar-refractivity contribution is -0.0452. The van der Waals surface area contributed by atoms with Crippen molar-refractivity contribution in [2.75, 3.05) is 0 Å². The maximum atomic E-state index is 10.8. The molecule has 4 aliphatic rings. The van der Waals surface area contributed by atoms with Crippen LogP contribution in [0.2, 0.25) is 0 Å². The second-order valence-electron chi connectivity index (χ2n) is 8.83. The zero-order valence-electron chi connectivity index (χ0n) is 15.3. The Morgan fingerprint density at radius 3 is 1.29 bits per heavy atom. The Kier molecular flexibility index (Phi) is 3.49. The maximum absolute atomic E-state index is 10.8. The minimum atomic E-state index is -1.09. The molecule has 0 atom stereocenters. The number of benzene rings is 2. The van der Waals surface area contributed by atoms with Crippen LogP contribution in [0.3, 0.4) is 0 Å². The Bertz CT molecular complexity index is 878. The average Bonchev–Trinajstić information content (AvgIpc) is 2.65. The predicted molar refractivity (Wildman–Crippen MR) is 101 cm³/mol. The molecule has 6 N–H and O–H groups in total. The molecule has 4 bridgehead atoms. The van der Waals surface area contributed by atoms with Gasteiger partial charge in [-0.25, -0.2) is 0 Å². The first-order valence-corrected chi connectivity index (χ1v) is 9.82. The number of phenols is 6. The van der Waals surface area contributed by atoms with Gasteiger partial charge >= 0.3 is 0 Å². The molecule has 0 spiro atoms. The van der Waals surface area contributed by atoms with Crippen molar-refractivity contribution in [2.24, 2.45) is 23.7 Å². The first-order valence-electron chi connectivity index (χ1n) is 9.82. The van der Waals surface area contributed by atoms with Gasteiger partial charge in [0.15, 0.2) is 23.0 Å². The quantitative estimate of drug-likeness (QED) is 0.347. The lowest BCUT2D eigenvalue weighted by Gasteiger charge is -2.61. The lowest BCUT2D eigenvalue weighted by Crippen LogP contribution is -2.56. The van der Waals surface area contributed by atoms with Gasteiger partial charge in [-0.05, 0) is 80.0 Å². The summed E-state index contributed by atoms with van der Waals surface area (Å²) in [5.74, 6) is -0.973. The van der Waals surface area contributed by atoms with Crippen LogP contribution in [0.4, 0.5) is 0 Å². The molecule has 0 radical (unpaired) electrons. The molecule has 4 fully saturated rings. The van der Waals surface area contributed by atoms with Crippen LogP contribution in [-0.2, 0) is 5.41 Å². The van der Waals surface area contributed by atoms with E-state index < -0.39 is 16.9 Å². The van der Waals surface area contributed by atoms with Gasteiger partial charge in [0.2, 0.25) is 0 Å². The molecule has 6 nitrogen and oxygen atoms in total. The second-order valence-corrected chi connectivity index (χ2v) is 8.83. The molecule has 6 heteroatoms. The SMILES string of the molecule is Oc1ccc(O)c(C2(c3c(O)ccc(O)c3O)C3CC4CC(C3)CC2C4)c1O. The predicted octanol–water partition coefficient (Wildman–Crippen LogP) is 3.66. The van der Waals surface area contributed by atoms with Crippen LogP contribution >= 0.6 is 0 Å². The summed E-state index contributed by atoms with van der Waals surface area (Å²) in [4.78, 5) is 0. The van der Waals surface area contributed by atoms with Crippen LogP contribution in [-0.4, -0.2) is 30.6 Å². The summed E-state index contributed by atoms with van der Waals surface area (Å²) in [5.41, 5.74) is -0.817. The van der Waals surface area contributed by atoms with E-state index in [1.165, 1.54) is 30.7 Å². The number of aromatic hydroxyl groups is 6. The fraction of sp³-hybridized carbons (Fsp3) is 0.455. The average molecular weight is 384 g/mol. The van der Waals surface area contributed by atoms with Crippen LogP contribution in [0, 0.1) is 23.7 Å². The third-order valence-corrected chi connectivity index (χ3v) is 7.52. The molecular weight excluding hydrogens is 360 g/mol. The van der Waals surface area contributed by atoms with Gasteiger partial charge in [-0.1, -0.05) is 0 Å². The largest absolute Gasteiger partial charge is 0.507 e. The van der Waals surface area contributed by atoms with E-state index in [0.29, 0.717) is 11.8 Å². The molecule has 2 aromatic rings. The first-order chi connectivity index (χ1) is 13.3. The normalized spacial score (nSPS) is 29.9. The zero-order valence-corrected chi connectivity index (χ0v) is 15.3. The fourth-order valence-corrected chi connectivity index (χ4v) is 6.82. The summed E-state index contributed by atoms with van der Waals surface area (Å²) in [6.45, 7) is 0. The number of hydrogen-bond acceptors (Lipinski definition) is 6. The Morgan fingerprint density at radius 2 is 0.893 bits per heavy atom. The van der Waals surface area contributed by atoms with Crippen molar-refractivity contribution >= 4 is 0 Å². The van der Waals surface area contributed by atoms with E-state index in [-0.39, 0.29) is 46.0 Å². The molecule has 0 aromatic heterocycles. The smallest absolute Gasteiger partial charge is 0.165 e. The van der Waals surface area contributed by atoms with Gasteiger partial charge in [-0.15, -0.1) is 0 Å². The van der Waals surface area contributed by atoms with Crippen molar-refractivity contribution in [1.82, 2.24) is 0 Å². The van der Waals surface area contributed by atoms with E-state index in [0.717, 1.165) is 25.7 Å². The molecule has 0 unspecified atom stereocenters.